The number of ether oxygens (including phenoxy) is 2. The normalized spacial score (nSPS) is 19.3. The topological polar surface area (TPSA) is 64.8 Å². The Kier molecular flexibility index (Phi) is 6.28. The van der Waals surface area contributed by atoms with E-state index >= 15 is 0 Å². The molecule has 1 amide bonds. The van der Waals surface area contributed by atoms with Crippen LogP contribution in [0.2, 0.25) is 0 Å². The number of amides is 1. The lowest BCUT2D eigenvalue weighted by Gasteiger charge is -2.34. The standard InChI is InChI=1S/C18H28N2O3/c1-4-22-16-9-8-14(11-17(16)23-5-2)18(21)20-10-6-7-15(12-20)13(3)19/h8-9,11,13,15H,4-7,10,12,19H2,1-3H3. The first-order chi connectivity index (χ1) is 11.1. The molecule has 5 nitrogen and oxygen atoms in total. The number of piperidine rings is 1. The second-order valence-electron chi connectivity index (χ2n) is 6.04. The Bertz CT molecular complexity index is 531. The minimum atomic E-state index is 0.0411. The van der Waals surface area contributed by atoms with E-state index in [0.29, 0.717) is 36.2 Å². The molecule has 1 aromatic rings. The first-order valence-corrected chi connectivity index (χ1v) is 8.51. The number of nitrogens with zero attached hydrogens (tertiary/aromatic N) is 1. The molecule has 2 N–H and O–H groups in total. The fourth-order valence-electron chi connectivity index (χ4n) is 2.99. The fourth-order valence-corrected chi connectivity index (χ4v) is 2.99. The molecule has 0 radical (unpaired) electrons. The van der Waals surface area contributed by atoms with Gasteiger partial charge in [0.2, 0.25) is 0 Å². The summed E-state index contributed by atoms with van der Waals surface area (Å²) >= 11 is 0. The Morgan fingerprint density at radius 2 is 2.00 bits per heavy atom. The Balaban J connectivity index is 2.16. The third kappa shape index (κ3) is 4.38. The van der Waals surface area contributed by atoms with Crippen LogP contribution in [-0.2, 0) is 0 Å². The molecule has 1 saturated heterocycles. The molecule has 128 valence electrons. The van der Waals surface area contributed by atoms with Gasteiger partial charge in [-0.25, -0.2) is 0 Å². The summed E-state index contributed by atoms with van der Waals surface area (Å²) in [4.78, 5) is 14.7. The minimum absolute atomic E-state index is 0.0411. The van der Waals surface area contributed by atoms with Gasteiger partial charge in [-0.2, -0.15) is 0 Å². The van der Waals surface area contributed by atoms with E-state index in [-0.39, 0.29) is 11.9 Å². The van der Waals surface area contributed by atoms with Crippen molar-refractivity contribution in [2.75, 3.05) is 26.3 Å². The van der Waals surface area contributed by atoms with E-state index in [2.05, 4.69) is 0 Å². The van der Waals surface area contributed by atoms with E-state index in [4.69, 9.17) is 15.2 Å². The zero-order valence-electron chi connectivity index (χ0n) is 14.4. The van der Waals surface area contributed by atoms with Crippen molar-refractivity contribution < 1.29 is 14.3 Å². The highest BCUT2D eigenvalue weighted by atomic mass is 16.5. The molecule has 1 heterocycles. The quantitative estimate of drug-likeness (QED) is 0.875. The van der Waals surface area contributed by atoms with E-state index in [1.165, 1.54) is 0 Å². The Labute approximate surface area is 138 Å². The number of rotatable bonds is 6. The lowest BCUT2D eigenvalue weighted by Crippen LogP contribution is -2.45. The molecule has 1 fully saturated rings. The van der Waals surface area contributed by atoms with E-state index in [9.17, 15) is 4.79 Å². The lowest BCUT2D eigenvalue weighted by atomic mass is 9.92. The molecule has 1 aliphatic rings. The van der Waals surface area contributed by atoms with Crippen LogP contribution in [0.5, 0.6) is 11.5 Å². The number of carbonyl (C=O) groups excluding carboxylic acids is 1. The van der Waals surface area contributed by atoms with Gasteiger partial charge in [0.1, 0.15) is 0 Å². The molecule has 0 bridgehead atoms. The highest BCUT2D eigenvalue weighted by molar-refractivity contribution is 5.95. The summed E-state index contributed by atoms with van der Waals surface area (Å²) in [6, 6.07) is 5.52. The van der Waals surface area contributed by atoms with Crippen molar-refractivity contribution >= 4 is 5.91 Å². The summed E-state index contributed by atoms with van der Waals surface area (Å²) in [6.07, 6.45) is 2.10. The predicted octanol–water partition coefficient (Wildman–Crippen LogP) is 2.68. The van der Waals surface area contributed by atoms with Gasteiger partial charge in [0.05, 0.1) is 13.2 Å². The van der Waals surface area contributed by atoms with E-state index in [1.54, 1.807) is 6.07 Å². The largest absolute Gasteiger partial charge is 0.490 e. The maximum atomic E-state index is 12.8. The van der Waals surface area contributed by atoms with Gasteiger partial charge >= 0.3 is 0 Å². The molecule has 23 heavy (non-hydrogen) atoms. The number of nitrogens with two attached hydrogens (primary N) is 1. The van der Waals surface area contributed by atoms with Crippen molar-refractivity contribution in [3.05, 3.63) is 23.8 Å². The van der Waals surface area contributed by atoms with Gasteiger partial charge in [0, 0.05) is 24.7 Å². The maximum Gasteiger partial charge on any atom is 0.254 e. The van der Waals surface area contributed by atoms with Crippen LogP contribution in [0.15, 0.2) is 18.2 Å². The summed E-state index contributed by atoms with van der Waals surface area (Å²) in [5, 5.41) is 0. The van der Waals surface area contributed by atoms with Crippen LogP contribution in [-0.4, -0.2) is 43.2 Å². The molecule has 5 heteroatoms. The van der Waals surface area contributed by atoms with Gasteiger partial charge in [-0.3, -0.25) is 4.79 Å². The Hall–Kier alpha value is -1.75. The highest BCUT2D eigenvalue weighted by Gasteiger charge is 2.27. The van der Waals surface area contributed by atoms with Gasteiger partial charge in [-0.1, -0.05) is 0 Å². The molecule has 0 aromatic heterocycles. The zero-order valence-corrected chi connectivity index (χ0v) is 14.4. The second kappa shape index (κ2) is 8.20. The van der Waals surface area contributed by atoms with Crippen LogP contribution in [0.3, 0.4) is 0 Å². The monoisotopic (exact) mass is 320 g/mol. The zero-order chi connectivity index (χ0) is 16.8. The van der Waals surface area contributed by atoms with E-state index in [0.717, 1.165) is 25.9 Å². The lowest BCUT2D eigenvalue weighted by molar-refractivity contribution is 0.0660. The molecule has 0 saturated carbocycles. The van der Waals surface area contributed by atoms with Crippen molar-refractivity contribution in [1.29, 1.82) is 0 Å². The van der Waals surface area contributed by atoms with Crippen LogP contribution < -0.4 is 15.2 Å². The third-order valence-electron chi connectivity index (χ3n) is 4.28. The van der Waals surface area contributed by atoms with Gasteiger partial charge in [0.25, 0.3) is 5.91 Å². The van der Waals surface area contributed by atoms with Crippen LogP contribution in [0.1, 0.15) is 44.0 Å². The molecule has 2 unspecified atom stereocenters. The van der Waals surface area contributed by atoms with Crippen molar-refractivity contribution in [1.82, 2.24) is 4.90 Å². The number of benzene rings is 1. The van der Waals surface area contributed by atoms with E-state index in [1.807, 2.05) is 37.8 Å². The SMILES string of the molecule is CCOc1ccc(C(=O)N2CCCC(C(C)N)C2)cc1OCC. The van der Waals surface area contributed by atoms with Crippen molar-refractivity contribution in [2.24, 2.45) is 11.7 Å². The molecule has 1 aliphatic heterocycles. The van der Waals surface area contributed by atoms with Gasteiger partial charge in [0.15, 0.2) is 11.5 Å². The summed E-state index contributed by atoms with van der Waals surface area (Å²) < 4.78 is 11.2. The molecule has 0 spiro atoms. The average molecular weight is 320 g/mol. The predicted molar refractivity (Wildman–Crippen MR) is 91.1 cm³/mol. The first-order valence-electron chi connectivity index (χ1n) is 8.51. The second-order valence-corrected chi connectivity index (χ2v) is 6.04. The summed E-state index contributed by atoms with van der Waals surface area (Å²) in [6.45, 7) is 8.48. The molecule has 1 aromatic carbocycles. The van der Waals surface area contributed by atoms with Crippen LogP contribution in [0, 0.1) is 5.92 Å². The number of likely N-dealkylation sites (tertiary alicyclic amines) is 1. The highest BCUT2D eigenvalue weighted by Crippen LogP contribution is 2.30. The van der Waals surface area contributed by atoms with Crippen molar-refractivity contribution in [3.8, 4) is 11.5 Å². The molecule has 2 rings (SSSR count). The summed E-state index contributed by atoms with van der Waals surface area (Å²) in [5.74, 6) is 1.72. The number of carbonyl (C=O) groups is 1. The van der Waals surface area contributed by atoms with Gasteiger partial charge in [-0.15, -0.1) is 0 Å². The van der Waals surface area contributed by atoms with Crippen LogP contribution in [0.4, 0.5) is 0 Å². The third-order valence-corrected chi connectivity index (χ3v) is 4.28. The molecule has 2 atom stereocenters. The Morgan fingerprint density at radius 3 is 2.65 bits per heavy atom. The summed E-state index contributed by atoms with van der Waals surface area (Å²) in [7, 11) is 0. The number of hydrogen-bond acceptors (Lipinski definition) is 4. The van der Waals surface area contributed by atoms with Crippen LogP contribution >= 0.6 is 0 Å². The van der Waals surface area contributed by atoms with Crippen molar-refractivity contribution in [3.63, 3.8) is 0 Å². The first kappa shape index (κ1) is 17.6. The minimum Gasteiger partial charge on any atom is -0.490 e. The molecular weight excluding hydrogens is 292 g/mol. The van der Waals surface area contributed by atoms with Gasteiger partial charge < -0.3 is 20.1 Å². The number of hydrogen-bond donors (Lipinski definition) is 1. The summed E-state index contributed by atoms with van der Waals surface area (Å²) in [5.41, 5.74) is 6.65. The Morgan fingerprint density at radius 1 is 1.30 bits per heavy atom. The molecular formula is C18H28N2O3. The molecule has 0 aliphatic carbocycles. The van der Waals surface area contributed by atoms with Crippen LogP contribution in [0.25, 0.3) is 0 Å². The van der Waals surface area contributed by atoms with Crippen molar-refractivity contribution in [2.45, 2.75) is 39.7 Å². The fraction of sp³-hybridized carbons (Fsp3) is 0.611. The smallest absolute Gasteiger partial charge is 0.254 e. The van der Waals surface area contributed by atoms with E-state index < -0.39 is 0 Å². The maximum absolute atomic E-state index is 12.8. The van der Waals surface area contributed by atoms with Gasteiger partial charge in [-0.05, 0) is 57.7 Å². The average Bonchev–Trinajstić information content (AvgIpc) is 2.56.